The Kier molecular flexibility index (Phi) is 3.74. The summed E-state index contributed by atoms with van der Waals surface area (Å²) >= 11 is 0. The molecule has 0 bridgehead atoms. The van der Waals surface area contributed by atoms with Crippen molar-refractivity contribution in [3.8, 4) is 0 Å². The molecule has 1 aliphatic heterocycles. The predicted molar refractivity (Wildman–Crippen MR) is 78.3 cm³/mol. The summed E-state index contributed by atoms with van der Waals surface area (Å²) in [6, 6.07) is 9.90. The molecule has 0 aliphatic carbocycles. The van der Waals surface area contributed by atoms with Gasteiger partial charge >= 0.3 is 7.60 Å². The molecule has 4 heteroatoms. The Morgan fingerprint density at radius 2 is 1.58 bits per heavy atom. The van der Waals surface area contributed by atoms with Crippen LogP contribution < -0.4 is 0 Å². The second-order valence-electron chi connectivity index (χ2n) is 5.81. The Morgan fingerprint density at radius 1 is 1.05 bits per heavy atom. The summed E-state index contributed by atoms with van der Waals surface area (Å²) in [4.78, 5) is 0. The van der Waals surface area contributed by atoms with Crippen LogP contribution >= 0.6 is 7.60 Å². The molecule has 19 heavy (non-hydrogen) atoms. The fourth-order valence-electron chi connectivity index (χ4n) is 1.89. The van der Waals surface area contributed by atoms with Crippen LogP contribution in [0.3, 0.4) is 0 Å². The fourth-order valence-corrected chi connectivity index (χ4v) is 4.27. The first-order valence-electron chi connectivity index (χ1n) is 6.46. The summed E-state index contributed by atoms with van der Waals surface area (Å²) in [5.41, 5.74) is -0.00140. The Hall–Kier alpha value is -0.890. The second kappa shape index (κ2) is 4.90. The lowest BCUT2D eigenvalue weighted by Gasteiger charge is -2.29. The smallest absolute Gasteiger partial charge is 0.299 e. The predicted octanol–water partition coefficient (Wildman–Crippen LogP) is 4.50. The molecule has 1 aromatic carbocycles. The SMILES string of the molecule is CC1(C)OP(=O)(C/C=C\c2ccccc2)OC1(C)C. The zero-order chi connectivity index (χ0) is 14.1. The van der Waals surface area contributed by atoms with Gasteiger partial charge in [-0.3, -0.25) is 13.6 Å². The van der Waals surface area contributed by atoms with Crippen LogP contribution in [0.2, 0.25) is 0 Å². The monoisotopic (exact) mass is 280 g/mol. The third-order valence-corrected chi connectivity index (χ3v) is 5.75. The van der Waals surface area contributed by atoms with Gasteiger partial charge in [-0.2, -0.15) is 0 Å². The number of rotatable bonds is 3. The van der Waals surface area contributed by atoms with E-state index in [1.807, 2.05) is 70.2 Å². The average Bonchev–Trinajstić information content (AvgIpc) is 2.44. The average molecular weight is 280 g/mol. The van der Waals surface area contributed by atoms with Crippen molar-refractivity contribution in [1.82, 2.24) is 0 Å². The summed E-state index contributed by atoms with van der Waals surface area (Å²) in [6.45, 7) is 7.64. The van der Waals surface area contributed by atoms with E-state index in [0.29, 0.717) is 6.16 Å². The van der Waals surface area contributed by atoms with Crippen LogP contribution in [0, 0.1) is 0 Å². The molecular formula is C15H21O3P. The summed E-state index contributed by atoms with van der Waals surface area (Å²) in [7, 11) is -3.04. The largest absolute Gasteiger partial charge is 0.335 e. The first kappa shape index (κ1) is 14.5. The quantitative estimate of drug-likeness (QED) is 0.765. The molecule has 1 fully saturated rings. The van der Waals surface area contributed by atoms with Crippen LogP contribution in [0.15, 0.2) is 36.4 Å². The van der Waals surface area contributed by atoms with Gasteiger partial charge in [-0.25, -0.2) is 0 Å². The molecule has 1 saturated heterocycles. The number of allylic oxidation sites excluding steroid dienone is 1. The molecule has 0 atom stereocenters. The van der Waals surface area contributed by atoms with E-state index in [0.717, 1.165) is 5.56 Å². The molecular weight excluding hydrogens is 259 g/mol. The fraction of sp³-hybridized carbons (Fsp3) is 0.467. The van der Waals surface area contributed by atoms with Gasteiger partial charge in [0.25, 0.3) is 0 Å². The molecule has 3 nitrogen and oxygen atoms in total. The van der Waals surface area contributed by atoms with E-state index >= 15 is 0 Å². The van der Waals surface area contributed by atoms with Gasteiger partial charge in [0, 0.05) is 0 Å². The van der Waals surface area contributed by atoms with Crippen LogP contribution in [0.5, 0.6) is 0 Å². The van der Waals surface area contributed by atoms with Crippen LogP contribution in [-0.2, 0) is 13.6 Å². The maximum absolute atomic E-state index is 12.5. The molecule has 0 N–H and O–H groups in total. The molecule has 0 unspecified atom stereocenters. The minimum atomic E-state index is -3.04. The zero-order valence-corrected chi connectivity index (χ0v) is 12.8. The van der Waals surface area contributed by atoms with E-state index in [1.54, 1.807) is 0 Å². The van der Waals surface area contributed by atoms with E-state index in [4.69, 9.17) is 9.05 Å². The molecule has 0 saturated carbocycles. The lowest BCUT2D eigenvalue weighted by Crippen LogP contribution is -2.41. The van der Waals surface area contributed by atoms with E-state index in [1.165, 1.54) is 0 Å². The number of hydrogen-bond acceptors (Lipinski definition) is 3. The minimum absolute atomic E-state index is 0.300. The molecule has 0 aromatic heterocycles. The van der Waals surface area contributed by atoms with Crippen molar-refractivity contribution in [2.75, 3.05) is 6.16 Å². The van der Waals surface area contributed by atoms with Crippen molar-refractivity contribution in [2.24, 2.45) is 0 Å². The topological polar surface area (TPSA) is 35.5 Å². The summed E-state index contributed by atoms with van der Waals surface area (Å²) in [5.74, 6) is 0. The maximum atomic E-state index is 12.5. The minimum Gasteiger partial charge on any atom is -0.299 e. The Labute approximate surface area is 115 Å². The van der Waals surface area contributed by atoms with Crippen molar-refractivity contribution in [3.05, 3.63) is 42.0 Å². The summed E-state index contributed by atoms with van der Waals surface area (Å²) in [5, 5.41) is 0. The molecule has 104 valence electrons. The standard InChI is InChI=1S/C15H21O3P/c1-14(2)15(3,4)18-19(16,17-14)12-8-11-13-9-6-5-7-10-13/h5-11H,12H2,1-4H3/b11-8-. The molecule has 0 spiro atoms. The van der Waals surface area contributed by atoms with Crippen LogP contribution in [0.4, 0.5) is 0 Å². The van der Waals surface area contributed by atoms with E-state index in [9.17, 15) is 4.57 Å². The third kappa shape index (κ3) is 3.17. The van der Waals surface area contributed by atoms with Crippen molar-refractivity contribution in [2.45, 2.75) is 38.9 Å². The van der Waals surface area contributed by atoms with Gasteiger partial charge in [-0.15, -0.1) is 0 Å². The van der Waals surface area contributed by atoms with E-state index in [-0.39, 0.29) is 0 Å². The highest BCUT2D eigenvalue weighted by molar-refractivity contribution is 7.54. The zero-order valence-electron chi connectivity index (χ0n) is 11.9. The number of hydrogen-bond donors (Lipinski definition) is 0. The molecule has 0 amide bonds. The highest BCUT2D eigenvalue weighted by Crippen LogP contribution is 2.63. The van der Waals surface area contributed by atoms with Gasteiger partial charge in [0.05, 0.1) is 6.16 Å². The molecule has 0 radical (unpaired) electrons. The van der Waals surface area contributed by atoms with Crippen molar-refractivity contribution in [3.63, 3.8) is 0 Å². The van der Waals surface area contributed by atoms with E-state index in [2.05, 4.69) is 0 Å². The van der Waals surface area contributed by atoms with Crippen molar-refractivity contribution >= 4 is 13.7 Å². The lowest BCUT2D eigenvalue weighted by atomic mass is 9.90. The van der Waals surface area contributed by atoms with Crippen molar-refractivity contribution < 1.29 is 13.6 Å². The van der Waals surface area contributed by atoms with Gasteiger partial charge < -0.3 is 0 Å². The Morgan fingerprint density at radius 3 is 2.11 bits per heavy atom. The highest BCUT2D eigenvalue weighted by Gasteiger charge is 2.54. The first-order valence-corrected chi connectivity index (χ1v) is 8.19. The van der Waals surface area contributed by atoms with Gasteiger partial charge in [0.2, 0.25) is 0 Å². The second-order valence-corrected chi connectivity index (χ2v) is 7.76. The Bertz CT molecular complexity index is 497. The Balaban J connectivity index is 2.05. The van der Waals surface area contributed by atoms with Gasteiger partial charge in [-0.05, 0) is 33.3 Å². The normalized spacial score (nSPS) is 23.8. The maximum Gasteiger partial charge on any atom is 0.335 e. The molecule has 1 aromatic rings. The first-order chi connectivity index (χ1) is 8.74. The molecule has 1 heterocycles. The summed E-state index contributed by atoms with van der Waals surface area (Å²) < 4.78 is 23.9. The highest BCUT2D eigenvalue weighted by atomic mass is 31.2. The van der Waals surface area contributed by atoms with Crippen LogP contribution in [-0.4, -0.2) is 17.4 Å². The van der Waals surface area contributed by atoms with Gasteiger partial charge in [0.1, 0.15) is 11.2 Å². The summed E-state index contributed by atoms with van der Waals surface area (Å²) in [6.07, 6.45) is 4.09. The lowest BCUT2D eigenvalue weighted by molar-refractivity contribution is 0.00578. The van der Waals surface area contributed by atoms with Gasteiger partial charge in [-0.1, -0.05) is 42.5 Å². The molecule has 1 aliphatic rings. The third-order valence-electron chi connectivity index (χ3n) is 3.62. The van der Waals surface area contributed by atoms with Gasteiger partial charge in [0.15, 0.2) is 0 Å². The number of benzene rings is 1. The van der Waals surface area contributed by atoms with E-state index < -0.39 is 18.8 Å². The van der Waals surface area contributed by atoms with Crippen LogP contribution in [0.1, 0.15) is 33.3 Å². The molecule has 2 rings (SSSR count). The van der Waals surface area contributed by atoms with Crippen LogP contribution in [0.25, 0.3) is 6.08 Å². The van der Waals surface area contributed by atoms with Crippen molar-refractivity contribution in [1.29, 1.82) is 0 Å².